The van der Waals surface area contributed by atoms with Gasteiger partial charge < -0.3 is 9.15 Å². The van der Waals surface area contributed by atoms with Gasteiger partial charge in [0.15, 0.2) is 11.6 Å². The first-order valence-corrected chi connectivity index (χ1v) is 9.86. The Balaban J connectivity index is 1.75. The SMILES string of the molecule is COc1ccc(C2=C(SCc3ccco3)C(=O)N(c3ccc(F)c(F)c3)C2=O)cc1. The number of benzene rings is 2. The Labute approximate surface area is 174 Å². The average Bonchev–Trinajstić information content (AvgIpc) is 3.35. The first-order valence-electron chi connectivity index (χ1n) is 8.87. The summed E-state index contributed by atoms with van der Waals surface area (Å²) in [6, 6.07) is 13.1. The third-order valence-corrected chi connectivity index (χ3v) is 5.62. The number of furan rings is 1. The molecule has 4 rings (SSSR count). The van der Waals surface area contributed by atoms with Crippen molar-refractivity contribution < 1.29 is 27.5 Å². The van der Waals surface area contributed by atoms with Gasteiger partial charge in [-0.3, -0.25) is 9.59 Å². The summed E-state index contributed by atoms with van der Waals surface area (Å²) in [6.45, 7) is 0. The Morgan fingerprint density at radius 3 is 2.40 bits per heavy atom. The summed E-state index contributed by atoms with van der Waals surface area (Å²) in [7, 11) is 1.52. The first kappa shape index (κ1) is 19.9. The molecule has 1 aliphatic heterocycles. The van der Waals surface area contributed by atoms with Gasteiger partial charge in [0.1, 0.15) is 11.5 Å². The third kappa shape index (κ3) is 3.61. The fraction of sp³-hybridized carbons (Fsp3) is 0.0909. The summed E-state index contributed by atoms with van der Waals surface area (Å²) in [4.78, 5) is 27.4. The predicted octanol–water partition coefficient (Wildman–Crippen LogP) is 4.78. The molecule has 0 bridgehead atoms. The van der Waals surface area contributed by atoms with Gasteiger partial charge in [0.2, 0.25) is 0 Å². The van der Waals surface area contributed by atoms with Crippen LogP contribution in [0, 0.1) is 11.6 Å². The van der Waals surface area contributed by atoms with Gasteiger partial charge in [-0.05, 0) is 42.0 Å². The maximum atomic E-state index is 13.8. The molecule has 0 N–H and O–H groups in total. The van der Waals surface area contributed by atoms with E-state index in [0.29, 0.717) is 22.8 Å². The molecule has 0 radical (unpaired) electrons. The zero-order valence-corrected chi connectivity index (χ0v) is 16.5. The minimum atomic E-state index is -1.14. The number of rotatable bonds is 6. The molecule has 2 heterocycles. The zero-order chi connectivity index (χ0) is 21.3. The summed E-state index contributed by atoms with van der Waals surface area (Å²) < 4.78 is 37.6. The molecule has 1 aromatic heterocycles. The van der Waals surface area contributed by atoms with E-state index in [2.05, 4.69) is 0 Å². The Morgan fingerprint density at radius 1 is 1.00 bits per heavy atom. The summed E-state index contributed by atoms with van der Waals surface area (Å²) in [5.41, 5.74) is 0.661. The molecular formula is C22H15F2NO4S. The molecular weight excluding hydrogens is 412 g/mol. The van der Waals surface area contributed by atoms with Crippen LogP contribution in [0.2, 0.25) is 0 Å². The highest BCUT2D eigenvalue weighted by Crippen LogP contribution is 2.40. The van der Waals surface area contributed by atoms with E-state index in [1.165, 1.54) is 19.4 Å². The molecule has 0 fully saturated rings. The van der Waals surface area contributed by atoms with Crippen molar-refractivity contribution in [2.45, 2.75) is 5.75 Å². The number of thioether (sulfide) groups is 1. The number of hydrogen-bond acceptors (Lipinski definition) is 5. The second-order valence-corrected chi connectivity index (χ2v) is 7.33. The minimum absolute atomic E-state index is 0.0384. The molecule has 0 atom stereocenters. The smallest absolute Gasteiger partial charge is 0.272 e. The molecule has 2 amide bonds. The van der Waals surface area contributed by atoms with Crippen molar-refractivity contribution in [2.75, 3.05) is 12.0 Å². The number of methoxy groups -OCH3 is 1. The molecule has 0 spiro atoms. The second kappa shape index (κ2) is 8.16. The molecule has 3 aromatic rings. The molecule has 8 heteroatoms. The van der Waals surface area contributed by atoms with Gasteiger partial charge in [-0.25, -0.2) is 13.7 Å². The Bertz CT molecular complexity index is 1140. The van der Waals surface area contributed by atoms with Crippen LogP contribution in [0.25, 0.3) is 5.57 Å². The van der Waals surface area contributed by atoms with Crippen LogP contribution in [0.1, 0.15) is 11.3 Å². The van der Waals surface area contributed by atoms with Crippen LogP contribution in [0.3, 0.4) is 0 Å². The Morgan fingerprint density at radius 2 is 1.77 bits per heavy atom. The molecule has 30 heavy (non-hydrogen) atoms. The standard InChI is InChI=1S/C22H15F2NO4S/c1-28-15-7-4-13(5-8-15)19-20(30-12-16-3-2-10-29-16)22(27)25(21(19)26)14-6-9-17(23)18(24)11-14/h2-11H,12H2,1H3. The molecule has 0 saturated heterocycles. The van der Waals surface area contributed by atoms with Crippen molar-refractivity contribution in [1.82, 2.24) is 0 Å². The number of ether oxygens (including phenoxy) is 1. The van der Waals surface area contributed by atoms with Crippen molar-refractivity contribution in [3.63, 3.8) is 0 Å². The normalized spacial score (nSPS) is 14.0. The van der Waals surface area contributed by atoms with E-state index in [4.69, 9.17) is 9.15 Å². The maximum Gasteiger partial charge on any atom is 0.272 e. The van der Waals surface area contributed by atoms with Gasteiger partial charge in [0.25, 0.3) is 11.8 Å². The second-order valence-electron chi connectivity index (χ2n) is 6.34. The van der Waals surface area contributed by atoms with E-state index in [1.807, 2.05) is 0 Å². The molecule has 2 aromatic carbocycles. The predicted molar refractivity (Wildman–Crippen MR) is 109 cm³/mol. The lowest BCUT2D eigenvalue weighted by Crippen LogP contribution is -2.31. The van der Waals surface area contributed by atoms with Gasteiger partial charge in [0.05, 0.1) is 35.3 Å². The van der Waals surface area contributed by atoms with Gasteiger partial charge in [-0.2, -0.15) is 0 Å². The summed E-state index contributed by atoms with van der Waals surface area (Å²) in [5, 5.41) is 0. The maximum absolute atomic E-state index is 13.8. The third-order valence-electron chi connectivity index (χ3n) is 4.52. The van der Waals surface area contributed by atoms with Crippen LogP contribution in [0.5, 0.6) is 5.75 Å². The number of hydrogen-bond donors (Lipinski definition) is 0. The van der Waals surface area contributed by atoms with Crippen LogP contribution < -0.4 is 9.64 Å². The highest BCUT2D eigenvalue weighted by molar-refractivity contribution is 8.03. The highest BCUT2D eigenvalue weighted by Gasteiger charge is 2.40. The Kier molecular flexibility index (Phi) is 5.41. The lowest BCUT2D eigenvalue weighted by Gasteiger charge is -2.15. The topological polar surface area (TPSA) is 59.8 Å². The number of anilines is 1. The summed E-state index contributed by atoms with van der Waals surface area (Å²) in [6.07, 6.45) is 1.52. The molecule has 0 aliphatic carbocycles. The summed E-state index contributed by atoms with van der Waals surface area (Å²) >= 11 is 1.15. The number of imide groups is 1. The lowest BCUT2D eigenvalue weighted by atomic mass is 10.1. The number of amides is 2. The lowest BCUT2D eigenvalue weighted by molar-refractivity contribution is -0.119. The minimum Gasteiger partial charge on any atom is -0.497 e. The van der Waals surface area contributed by atoms with Crippen molar-refractivity contribution in [3.8, 4) is 5.75 Å². The molecule has 0 saturated carbocycles. The van der Waals surface area contributed by atoms with Crippen LogP contribution >= 0.6 is 11.8 Å². The van der Waals surface area contributed by atoms with Gasteiger partial charge in [-0.15, -0.1) is 11.8 Å². The van der Waals surface area contributed by atoms with Crippen LogP contribution in [-0.2, 0) is 15.3 Å². The van der Waals surface area contributed by atoms with E-state index in [1.54, 1.807) is 36.4 Å². The van der Waals surface area contributed by atoms with Gasteiger partial charge in [0, 0.05) is 6.07 Å². The van der Waals surface area contributed by atoms with E-state index in [-0.39, 0.29) is 16.2 Å². The fourth-order valence-electron chi connectivity index (χ4n) is 3.05. The number of halogens is 2. The van der Waals surface area contributed by atoms with Crippen molar-refractivity contribution >= 4 is 34.8 Å². The monoisotopic (exact) mass is 427 g/mol. The van der Waals surface area contributed by atoms with Crippen LogP contribution in [0.15, 0.2) is 70.2 Å². The van der Waals surface area contributed by atoms with E-state index < -0.39 is 23.4 Å². The summed E-state index contributed by atoms with van der Waals surface area (Å²) in [5.74, 6) is -1.87. The Hall–Kier alpha value is -3.39. The number of carbonyl (C=O) groups excluding carboxylic acids is 2. The van der Waals surface area contributed by atoms with Gasteiger partial charge in [-0.1, -0.05) is 12.1 Å². The quantitative estimate of drug-likeness (QED) is 0.530. The fourth-order valence-corrected chi connectivity index (χ4v) is 4.07. The zero-order valence-electron chi connectivity index (χ0n) is 15.7. The molecule has 152 valence electrons. The van der Waals surface area contributed by atoms with Crippen LogP contribution in [0.4, 0.5) is 14.5 Å². The molecule has 0 unspecified atom stereocenters. The van der Waals surface area contributed by atoms with Crippen molar-refractivity contribution in [1.29, 1.82) is 0 Å². The van der Waals surface area contributed by atoms with E-state index in [0.717, 1.165) is 28.8 Å². The van der Waals surface area contributed by atoms with Crippen molar-refractivity contribution in [2.24, 2.45) is 0 Å². The average molecular weight is 427 g/mol. The molecule has 5 nitrogen and oxygen atoms in total. The first-order chi connectivity index (χ1) is 14.5. The van der Waals surface area contributed by atoms with Crippen LogP contribution in [-0.4, -0.2) is 18.9 Å². The van der Waals surface area contributed by atoms with E-state index in [9.17, 15) is 18.4 Å². The van der Waals surface area contributed by atoms with E-state index >= 15 is 0 Å². The van der Waals surface area contributed by atoms with Gasteiger partial charge >= 0.3 is 0 Å². The van der Waals surface area contributed by atoms with Crippen molar-refractivity contribution in [3.05, 3.63) is 88.7 Å². The largest absolute Gasteiger partial charge is 0.497 e. The number of nitrogens with zero attached hydrogens (tertiary/aromatic N) is 1. The molecule has 1 aliphatic rings. The highest BCUT2D eigenvalue weighted by atomic mass is 32.2. The number of carbonyl (C=O) groups is 2.